The van der Waals surface area contributed by atoms with E-state index in [1.165, 1.54) is 19.3 Å². The predicted octanol–water partition coefficient (Wildman–Crippen LogP) is 5.05. The first-order valence-corrected chi connectivity index (χ1v) is 5.60. The van der Waals surface area contributed by atoms with Crippen LogP contribution in [0.4, 0.5) is 0 Å². The summed E-state index contributed by atoms with van der Waals surface area (Å²) < 4.78 is 0. The molecule has 0 saturated heterocycles. The Balaban J connectivity index is 0.00000169. The maximum atomic E-state index is 2.44. The number of hydrogen-bond acceptors (Lipinski definition) is 0. The van der Waals surface area contributed by atoms with Gasteiger partial charge in [0, 0.05) is 0 Å². The van der Waals surface area contributed by atoms with E-state index in [9.17, 15) is 0 Å². The van der Waals surface area contributed by atoms with E-state index in [1.54, 1.807) is 5.57 Å². The van der Waals surface area contributed by atoms with Crippen LogP contribution in [0.3, 0.4) is 0 Å². The molecule has 0 nitrogen and oxygen atoms in total. The second-order valence-corrected chi connectivity index (χ2v) is 5.50. The minimum Gasteiger partial charge on any atom is -0.0853 e. The molecule has 0 bridgehead atoms. The van der Waals surface area contributed by atoms with Gasteiger partial charge >= 0.3 is 0 Å². The van der Waals surface area contributed by atoms with Gasteiger partial charge in [-0.25, -0.2) is 0 Å². The third kappa shape index (κ3) is 2.87. The molecule has 0 aliphatic heterocycles. The molecule has 0 amide bonds. The van der Waals surface area contributed by atoms with E-state index in [0.717, 1.165) is 11.8 Å². The number of allylic oxidation sites excluding steroid dienone is 2. The van der Waals surface area contributed by atoms with E-state index < -0.39 is 0 Å². The van der Waals surface area contributed by atoms with Crippen LogP contribution in [-0.2, 0) is 0 Å². The average Bonchev–Trinajstić information content (AvgIpc) is 2.04. The molecule has 14 heavy (non-hydrogen) atoms. The highest BCUT2D eigenvalue weighted by molar-refractivity contribution is 5.05. The monoisotopic (exact) mass is 196 g/mol. The van der Waals surface area contributed by atoms with E-state index in [-0.39, 0.29) is 7.43 Å². The molecule has 0 aromatic carbocycles. The van der Waals surface area contributed by atoms with Crippen molar-refractivity contribution in [2.75, 3.05) is 0 Å². The van der Waals surface area contributed by atoms with Crippen LogP contribution in [0.1, 0.15) is 61.3 Å². The summed E-state index contributed by atoms with van der Waals surface area (Å²) in [6.07, 6.45) is 6.46. The molecule has 0 heterocycles. The van der Waals surface area contributed by atoms with Gasteiger partial charge in [-0.1, -0.05) is 46.8 Å². The van der Waals surface area contributed by atoms with Gasteiger partial charge in [-0.15, -0.1) is 0 Å². The fraction of sp³-hybridized carbons (Fsp3) is 0.857. The van der Waals surface area contributed by atoms with Crippen molar-refractivity contribution in [3.8, 4) is 0 Å². The predicted molar refractivity (Wildman–Crippen MR) is 66.4 cm³/mol. The summed E-state index contributed by atoms with van der Waals surface area (Å²) >= 11 is 0. The largest absolute Gasteiger partial charge is 0.0853 e. The molecular formula is C14H28. The van der Waals surface area contributed by atoms with E-state index in [1.807, 2.05) is 0 Å². The third-order valence-electron chi connectivity index (χ3n) is 4.18. The Bertz CT molecular complexity index is 196. The highest BCUT2D eigenvalue weighted by Crippen LogP contribution is 2.42. The van der Waals surface area contributed by atoms with E-state index in [4.69, 9.17) is 0 Å². The molecule has 84 valence electrons. The van der Waals surface area contributed by atoms with Crippen LogP contribution in [0.5, 0.6) is 0 Å². The summed E-state index contributed by atoms with van der Waals surface area (Å²) in [6, 6.07) is 0. The molecule has 1 aliphatic rings. The molecule has 0 spiro atoms. The van der Waals surface area contributed by atoms with Crippen molar-refractivity contribution in [2.24, 2.45) is 17.3 Å². The van der Waals surface area contributed by atoms with Gasteiger partial charge in [0.15, 0.2) is 0 Å². The van der Waals surface area contributed by atoms with Crippen LogP contribution in [0.25, 0.3) is 0 Å². The molecule has 0 N–H and O–H groups in total. The summed E-state index contributed by atoms with van der Waals surface area (Å²) in [5, 5.41) is 0. The topological polar surface area (TPSA) is 0 Å². The molecule has 1 aliphatic carbocycles. The molecule has 1 unspecified atom stereocenters. The van der Waals surface area contributed by atoms with E-state index >= 15 is 0 Å². The van der Waals surface area contributed by atoms with Gasteiger partial charge in [0.2, 0.25) is 0 Å². The average molecular weight is 196 g/mol. The minimum absolute atomic E-state index is 0. The van der Waals surface area contributed by atoms with Crippen molar-refractivity contribution in [3.63, 3.8) is 0 Å². The maximum absolute atomic E-state index is 2.44. The smallest absolute Gasteiger partial charge is 0.0300 e. The Kier molecular flexibility index (Phi) is 4.91. The molecule has 0 aromatic heterocycles. The second-order valence-electron chi connectivity index (χ2n) is 5.50. The minimum atomic E-state index is 0. The van der Waals surface area contributed by atoms with Gasteiger partial charge < -0.3 is 0 Å². The lowest BCUT2D eigenvalue weighted by molar-refractivity contribution is 0.126. The van der Waals surface area contributed by atoms with Crippen molar-refractivity contribution in [1.82, 2.24) is 0 Å². The summed E-state index contributed by atoms with van der Waals surface area (Å²) in [5.41, 5.74) is 2.10. The standard InChI is InChI=1S/C13H24.CH4/c1-10(2)13(4,5)12-8-6-11(3)7-9-12;/h6,10,12H,7-9H2,1-5H3;1H4. The van der Waals surface area contributed by atoms with E-state index in [0.29, 0.717) is 5.41 Å². The first-order valence-electron chi connectivity index (χ1n) is 5.60. The first kappa shape index (κ1) is 13.7. The Hall–Kier alpha value is -0.260. The lowest BCUT2D eigenvalue weighted by Gasteiger charge is -2.39. The van der Waals surface area contributed by atoms with Crippen molar-refractivity contribution in [2.45, 2.75) is 61.3 Å². The highest BCUT2D eigenvalue weighted by Gasteiger charge is 2.32. The summed E-state index contributed by atoms with van der Waals surface area (Å²) in [4.78, 5) is 0. The fourth-order valence-corrected chi connectivity index (χ4v) is 2.11. The lowest BCUT2D eigenvalue weighted by Crippen LogP contribution is -2.30. The van der Waals surface area contributed by atoms with Crippen LogP contribution in [0.2, 0.25) is 0 Å². The summed E-state index contributed by atoms with van der Waals surface area (Å²) in [6.45, 7) is 11.8. The Morgan fingerprint density at radius 2 is 1.93 bits per heavy atom. The van der Waals surface area contributed by atoms with Crippen LogP contribution in [0.15, 0.2) is 11.6 Å². The molecular weight excluding hydrogens is 168 g/mol. The first-order chi connectivity index (χ1) is 5.94. The Morgan fingerprint density at radius 1 is 1.36 bits per heavy atom. The summed E-state index contributed by atoms with van der Waals surface area (Å²) in [5.74, 6) is 1.69. The van der Waals surface area contributed by atoms with Crippen molar-refractivity contribution in [1.29, 1.82) is 0 Å². The molecule has 0 heteroatoms. The lowest BCUT2D eigenvalue weighted by atomic mass is 9.66. The normalized spacial score (nSPS) is 23.0. The van der Waals surface area contributed by atoms with Crippen LogP contribution < -0.4 is 0 Å². The van der Waals surface area contributed by atoms with Crippen molar-refractivity contribution >= 4 is 0 Å². The van der Waals surface area contributed by atoms with Gasteiger partial charge in [-0.3, -0.25) is 0 Å². The molecule has 1 rings (SSSR count). The number of rotatable bonds is 2. The molecule has 0 fully saturated rings. The van der Waals surface area contributed by atoms with Crippen molar-refractivity contribution in [3.05, 3.63) is 11.6 Å². The van der Waals surface area contributed by atoms with Gasteiger partial charge in [-0.2, -0.15) is 0 Å². The van der Waals surface area contributed by atoms with E-state index in [2.05, 4.69) is 40.7 Å². The summed E-state index contributed by atoms with van der Waals surface area (Å²) in [7, 11) is 0. The molecule has 0 aromatic rings. The molecule has 1 atom stereocenters. The van der Waals surface area contributed by atoms with Gasteiger partial charge in [0.05, 0.1) is 0 Å². The van der Waals surface area contributed by atoms with Crippen LogP contribution in [-0.4, -0.2) is 0 Å². The zero-order valence-electron chi connectivity index (χ0n) is 9.85. The molecule has 0 saturated carbocycles. The van der Waals surface area contributed by atoms with Crippen molar-refractivity contribution < 1.29 is 0 Å². The zero-order valence-corrected chi connectivity index (χ0v) is 9.85. The SMILES string of the molecule is C.CC1=CCC(C(C)(C)C(C)C)CC1. The van der Waals surface area contributed by atoms with Crippen LogP contribution >= 0.6 is 0 Å². The van der Waals surface area contributed by atoms with Gasteiger partial charge in [-0.05, 0) is 43.4 Å². The second kappa shape index (κ2) is 5.00. The fourth-order valence-electron chi connectivity index (χ4n) is 2.11. The maximum Gasteiger partial charge on any atom is -0.0300 e. The number of hydrogen-bond donors (Lipinski definition) is 0. The quantitative estimate of drug-likeness (QED) is 0.542. The van der Waals surface area contributed by atoms with Gasteiger partial charge in [0.1, 0.15) is 0 Å². The Labute approximate surface area is 90.8 Å². The zero-order chi connectivity index (χ0) is 10.1. The Morgan fingerprint density at radius 3 is 2.29 bits per heavy atom. The molecule has 0 radical (unpaired) electrons. The van der Waals surface area contributed by atoms with Crippen LogP contribution in [0, 0.1) is 17.3 Å². The third-order valence-corrected chi connectivity index (χ3v) is 4.18. The van der Waals surface area contributed by atoms with Gasteiger partial charge in [0.25, 0.3) is 0 Å². The highest BCUT2D eigenvalue weighted by atomic mass is 14.4.